The minimum Gasteiger partial charge on any atom is -0.384 e. The van der Waals surface area contributed by atoms with Crippen molar-refractivity contribution in [1.82, 2.24) is 9.97 Å². The molecule has 2 rings (SSSR count). The number of aromatic nitrogens is 2. The van der Waals surface area contributed by atoms with Crippen molar-refractivity contribution in [3.63, 3.8) is 0 Å². The first-order valence-electron chi connectivity index (χ1n) is 4.73. The van der Waals surface area contributed by atoms with Gasteiger partial charge in [-0.3, -0.25) is 0 Å². The van der Waals surface area contributed by atoms with Gasteiger partial charge in [0.15, 0.2) is 23.3 Å². The van der Waals surface area contributed by atoms with Gasteiger partial charge in [0.05, 0.1) is 0 Å². The van der Waals surface area contributed by atoms with Gasteiger partial charge in [0.1, 0.15) is 5.82 Å². The Labute approximate surface area is 95.1 Å². The van der Waals surface area contributed by atoms with E-state index in [1.807, 2.05) is 0 Å². The summed E-state index contributed by atoms with van der Waals surface area (Å²) in [7, 11) is 0. The molecule has 0 bridgehead atoms. The maximum atomic E-state index is 13.0. The summed E-state index contributed by atoms with van der Waals surface area (Å²) in [6.07, 6.45) is 0. The Kier molecular flexibility index (Phi) is 2.71. The molecule has 6 heteroatoms. The van der Waals surface area contributed by atoms with Crippen molar-refractivity contribution in [2.45, 2.75) is 6.92 Å². The first-order chi connectivity index (χ1) is 7.97. The van der Waals surface area contributed by atoms with Gasteiger partial charge in [-0.2, -0.15) is 0 Å². The summed E-state index contributed by atoms with van der Waals surface area (Å²) in [4.78, 5) is 7.80. The zero-order valence-corrected chi connectivity index (χ0v) is 8.84. The molecule has 0 unspecified atom stereocenters. The molecule has 1 aromatic heterocycles. The minimum atomic E-state index is -1.52. The van der Waals surface area contributed by atoms with E-state index in [4.69, 9.17) is 5.73 Å². The van der Waals surface area contributed by atoms with Gasteiger partial charge in [0.25, 0.3) is 0 Å². The van der Waals surface area contributed by atoms with Crippen LogP contribution in [0.4, 0.5) is 19.0 Å². The molecule has 0 aliphatic heterocycles. The maximum Gasteiger partial charge on any atom is 0.194 e. The monoisotopic (exact) mass is 239 g/mol. The molecule has 0 spiro atoms. The number of hydrogen-bond donors (Lipinski definition) is 1. The van der Waals surface area contributed by atoms with Crippen LogP contribution in [0.5, 0.6) is 0 Å². The van der Waals surface area contributed by atoms with Gasteiger partial charge in [0.2, 0.25) is 0 Å². The molecule has 88 valence electrons. The van der Waals surface area contributed by atoms with E-state index in [9.17, 15) is 13.2 Å². The highest BCUT2D eigenvalue weighted by atomic mass is 19.2. The van der Waals surface area contributed by atoms with E-state index in [1.165, 1.54) is 6.07 Å². The average Bonchev–Trinajstić information content (AvgIpc) is 2.23. The number of nitrogen functional groups attached to an aromatic ring is 1. The summed E-state index contributed by atoms with van der Waals surface area (Å²) in [6, 6.07) is 3.17. The smallest absolute Gasteiger partial charge is 0.194 e. The molecule has 2 aromatic rings. The number of hydrogen-bond acceptors (Lipinski definition) is 3. The maximum absolute atomic E-state index is 13.0. The van der Waals surface area contributed by atoms with Crippen molar-refractivity contribution in [1.29, 1.82) is 0 Å². The SMILES string of the molecule is Cc1cc(N)nc(-c2cc(F)c(F)c(F)c2)n1. The molecule has 0 aliphatic rings. The van der Waals surface area contributed by atoms with Crippen LogP contribution in [0.15, 0.2) is 18.2 Å². The number of aryl methyl sites for hydroxylation is 1. The van der Waals surface area contributed by atoms with E-state index in [-0.39, 0.29) is 17.2 Å². The van der Waals surface area contributed by atoms with E-state index in [0.717, 1.165) is 12.1 Å². The summed E-state index contributed by atoms with van der Waals surface area (Å²) in [6.45, 7) is 1.66. The minimum absolute atomic E-state index is 0.0387. The molecule has 17 heavy (non-hydrogen) atoms. The van der Waals surface area contributed by atoms with E-state index in [0.29, 0.717) is 5.69 Å². The van der Waals surface area contributed by atoms with Crippen molar-refractivity contribution >= 4 is 5.82 Å². The van der Waals surface area contributed by atoms with Crippen molar-refractivity contribution in [3.05, 3.63) is 41.3 Å². The molecule has 0 fully saturated rings. The fraction of sp³-hybridized carbons (Fsp3) is 0.0909. The van der Waals surface area contributed by atoms with Crippen molar-refractivity contribution < 1.29 is 13.2 Å². The van der Waals surface area contributed by atoms with Crippen molar-refractivity contribution in [2.24, 2.45) is 0 Å². The van der Waals surface area contributed by atoms with Crippen LogP contribution in [0.25, 0.3) is 11.4 Å². The Morgan fingerprint density at radius 3 is 2.12 bits per heavy atom. The Morgan fingerprint density at radius 2 is 1.59 bits per heavy atom. The predicted molar refractivity (Wildman–Crippen MR) is 56.5 cm³/mol. The quantitative estimate of drug-likeness (QED) is 0.777. The van der Waals surface area contributed by atoms with Gasteiger partial charge in [-0.15, -0.1) is 0 Å². The van der Waals surface area contributed by atoms with Crippen LogP contribution in [0.3, 0.4) is 0 Å². The Bertz CT molecular complexity index is 541. The van der Waals surface area contributed by atoms with Crippen LogP contribution in [-0.4, -0.2) is 9.97 Å². The second-order valence-electron chi connectivity index (χ2n) is 3.51. The van der Waals surface area contributed by atoms with Crippen LogP contribution in [-0.2, 0) is 0 Å². The van der Waals surface area contributed by atoms with Gasteiger partial charge < -0.3 is 5.73 Å². The molecule has 0 amide bonds. The van der Waals surface area contributed by atoms with Crippen molar-refractivity contribution in [2.75, 3.05) is 5.73 Å². The molecular formula is C11H8F3N3. The van der Waals surface area contributed by atoms with Crippen molar-refractivity contribution in [3.8, 4) is 11.4 Å². The number of nitrogens with zero attached hydrogens (tertiary/aromatic N) is 2. The summed E-state index contributed by atoms with van der Waals surface area (Å²) >= 11 is 0. The highest BCUT2D eigenvalue weighted by Gasteiger charge is 2.13. The number of benzene rings is 1. The van der Waals surface area contributed by atoms with E-state index in [2.05, 4.69) is 9.97 Å². The summed E-state index contributed by atoms with van der Waals surface area (Å²) < 4.78 is 38.8. The van der Waals surface area contributed by atoms with Crippen LogP contribution in [0.2, 0.25) is 0 Å². The second-order valence-corrected chi connectivity index (χ2v) is 3.51. The summed E-state index contributed by atoms with van der Waals surface area (Å²) in [5.41, 5.74) is 6.08. The highest BCUT2D eigenvalue weighted by Crippen LogP contribution is 2.21. The molecule has 2 N–H and O–H groups in total. The standard InChI is InChI=1S/C11H8F3N3/c1-5-2-9(15)17-11(16-5)6-3-7(12)10(14)8(13)4-6/h2-4H,1H3,(H2,15,16,17). The van der Waals surface area contributed by atoms with Crippen LogP contribution >= 0.6 is 0 Å². The Hall–Kier alpha value is -2.11. The number of rotatable bonds is 1. The summed E-state index contributed by atoms with van der Waals surface area (Å²) in [5, 5.41) is 0. The molecule has 1 aromatic carbocycles. The molecule has 0 radical (unpaired) electrons. The summed E-state index contributed by atoms with van der Waals surface area (Å²) in [5.74, 6) is -3.86. The van der Waals surface area contributed by atoms with E-state index < -0.39 is 17.5 Å². The highest BCUT2D eigenvalue weighted by molar-refractivity contribution is 5.57. The molecule has 0 saturated heterocycles. The van der Waals surface area contributed by atoms with E-state index in [1.54, 1.807) is 6.92 Å². The van der Waals surface area contributed by atoms with Crippen LogP contribution in [0, 0.1) is 24.4 Å². The van der Waals surface area contributed by atoms with Crippen LogP contribution < -0.4 is 5.73 Å². The third-order valence-corrected chi connectivity index (χ3v) is 2.12. The second kappa shape index (κ2) is 4.04. The van der Waals surface area contributed by atoms with E-state index >= 15 is 0 Å². The number of anilines is 1. The lowest BCUT2D eigenvalue weighted by atomic mass is 10.2. The largest absolute Gasteiger partial charge is 0.384 e. The van der Waals surface area contributed by atoms with Gasteiger partial charge in [-0.25, -0.2) is 23.1 Å². The van der Waals surface area contributed by atoms with Gasteiger partial charge in [-0.05, 0) is 19.1 Å². The van der Waals surface area contributed by atoms with Gasteiger partial charge in [0, 0.05) is 17.3 Å². The third-order valence-electron chi connectivity index (χ3n) is 2.12. The molecular weight excluding hydrogens is 231 g/mol. The van der Waals surface area contributed by atoms with Gasteiger partial charge in [-0.1, -0.05) is 0 Å². The Morgan fingerprint density at radius 1 is 1.00 bits per heavy atom. The fourth-order valence-corrected chi connectivity index (χ4v) is 1.41. The third kappa shape index (κ3) is 2.20. The fourth-order valence-electron chi connectivity index (χ4n) is 1.41. The lowest BCUT2D eigenvalue weighted by Crippen LogP contribution is -1.99. The van der Waals surface area contributed by atoms with Gasteiger partial charge >= 0.3 is 0 Å². The zero-order valence-electron chi connectivity index (χ0n) is 8.84. The lowest BCUT2D eigenvalue weighted by Gasteiger charge is -2.04. The predicted octanol–water partition coefficient (Wildman–Crippen LogP) is 2.45. The molecule has 0 saturated carbocycles. The lowest BCUT2D eigenvalue weighted by molar-refractivity contribution is 0.447. The Balaban J connectivity index is 2.60. The number of halogens is 3. The average molecular weight is 239 g/mol. The molecule has 1 heterocycles. The first kappa shape index (κ1) is 11.4. The first-order valence-corrected chi connectivity index (χ1v) is 4.73. The number of nitrogens with two attached hydrogens (primary N) is 1. The topological polar surface area (TPSA) is 51.8 Å². The molecule has 0 atom stereocenters. The molecule has 3 nitrogen and oxygen atoms in total. The molecule has 0 aliphatic carbocycles. The normalized spacial score (nSPS) is 10.6. The van der Waals surface area contributed by atoms with Crippen LogP contribution in [0.1, 0.15) is 5.69 Å². The zero-order chi connectivity index (χ0) is 12.6.